The maximum atomic E-state index is 13.1. The molecule has 14 nitrogen and oxygen atoms in total. The predicted octanol–water partition coefficient (Wildman–Crippen LogP) is 1.85. The molecule has 5 aliphatic carbocycles. The Morgan fingerprint density at radius 3 is 1.98 bits per heavy atom. The molecular formula is C42H68O14. The SMILES string of the molecule is CC1(C)CC[C@]2(C(=O)O)CC[C@]3(C)C(=CC[C@H]4[C@@]5(C)CC[C@H](O[C@@H]6O[C@H](CO)[C@@H](O)[C@H](O)[C@H]6O[C@@H]6O[C@H](CO)[C@@H](O)[C@H](O)[C@H]6O)[C@@](C)(CO)[C@@H]5CC[C@]43C)[C@@H]2C1. The zero-order chi connectivity index (χ0) is 41.0. The fraction of sp³-hybridized carbons (Fsp3) is 0.929. The highest BCUT2D eigenvalue weighted by Crippen LogP contribution is 2.76. The molecule has 0 aromatic carbocycles. The van der Waals surface area contributed by atoms with Crippen molar-refractivity contribution < 1.29 is 69.7 Å². The number of ether oxygens (including phenoxy) is 4. The zero-order valence-corrected chi connectivity index (χ0v) is 33.9. The smallest absolute Gasteiger partial charge is 0.310 e. The molecule has 9 N–H and O–H groups in total. The molecule has 7 aliphatic rings. The second-order valence-corrected chi connectivity index (χ2v) is 20.5. The second-order valence-electron chi connectivity index (χ2n) is 20.5. The minimum absolute atomic E-state index is 0.00269. The molecule has 14 heteroatoms. The van der Waals surface area contributed by atoms with Crippen molar-refractivity contribution in [1.82, 2.24) is 0 Å². The maximum Gasteiger partial charge on any atom is 0.310 e. The highest BCUT2D eigenvalue weighted by Gasteiger charge is 2.70. The first kappa shape index (κ1) is 42.8. The van der Waals surface area contributed by atoms with Crippen LogP contribution in [0.15, 0.2) is 11.6 Å². The largest absolute Gasteiger partial charge is 0.481 e. The summed E-state index contributed by atoms with van der Waals surface area (Å²) in [5.74, 6) is -0.394. The van der Waals surface area contributed by atoms with Crippen LogP contribution in [0.3, 0.4) is 0 Å². The summed E-state index contributed by atoms with van der Waals surface area (Å²) >= 11 is 0. The zero-order valence-electron chi connectivity index (χ0n) is 33.9. The van der Waals surface area contributed by atoms with Gasteiger partial charge in [0.2, 0.25) is 0 Å². The van der Waals surface area contributed by atoms with Gasteiger partial charge in [-0.15, -0.1) is 0 Å². The van der Waals surface area contributed by atoms with Crippen molar-refractivity contribution in [2.24, 2.45) is 50.2 Å². The molecule has 4 saturated carbocycles. The van der Waals surface area contributed by atoms with Crippen molar-refractivity contribution in [1.29, 1.82) is 0 Å². The summed E-state index contributed by atoms with van der Waals surface area (Å²) in [6.07, 6.45) is -6.00. The van der Waals surface area contributed by atoms with Gasteiger partial charge in [-0.25, -0.2) is 0 Å². The van der Waals surface area contributed by atoms with Crippen LogP contribution >= 0.6 is 0 Å². The first-order valence-corrected chi connectivity index (χ1v) is 21.0. The van der Waals surface area contributed by atoms with Crippen molar-refractivity contribution in [3.05, 3.63) is 11.6 Å². The van der Waals surface area contributed by atoms with Crippen molar-refractivity contribution in [2.45, 2.75) is 173 Å². The van der Waals surface area contributed by atoms with Crippen LogP contribution in [-0.4, -0.2) is 139 Å². The number of carboxylic acid groups (broad SMARTS) is 1. The molecule has 0 radical (unpaired) electrons. The van der Waals surface area contributed by atoms with Crippen molar-refractivity contribution in [2.75, 3.05) is 19.8 Å². The predicted molar refractivity (Wildman–Crippen MR) is 199 cm³/mol. The minimum atomic E-state index is -1.79. The van der Waals surface area contributed by atoms with E-state index in [4.69, 9.17) is 18.9 Å². The average molecular weight is 797 g/mol. The molecule has 2 aliphatic heterocycles. The first-order valence-electron chi connectivity index (χ1n) is 21.0. The third-order valence-corrected chi connectivity index (χ3v) is 17.4. The van der Waals surface area contributed by atoms with E-state index >= 15 is 0 Å². The molecule has 0 spiro atoms. The van der Waals surface area contributed by atoms with E-state index in [9.17, 15) is 50.8 Å². The highest BCUT2D eigenvalue weighted by atomic mass is 16.8. The number of carboxylic acids is 1. The van der Waals surface area contributed by atoms with Crippen LogP contribution < -0.4 is 0 Å². The molecule has 0 aromatic heterocycles. The average Bonchev–Trinajstić information content (AvgIpc) is 3.15. The van der Waals surface area contributed by atoms with Crippen LogP contribution in [0.4, 0.5) is 0 Å². The Morgan fingerprint density at radius 2 is 1.36 bits per heavy atom. The fourth-order valence-corrected chi connectivity index (χ4v) is 13.7. The van der Waals surface area contributed by atoms with E-state index in [2.05, 4.69) is 40.7 Å². The van der Waals surface area contributed by atoms with Gasteiger partial charge in [-0.1, -0.05) is 53.2 Å². The summed E-state index contributed by atoms with van der Waals surface area (Å²) in [5, 5.41) is 95.5. The third kappa shape index (κ3) is 6.21. The van der Waals surface area contributed by atoms with E-state index < -0.39 is 97.5 Å². The van der Waals surface area contributed by atoms with Crippen molar-refractivity contribution in [3.8, 4) is 0 Å². The number of aliphatic carboxylic acids is 1. The van der Waals surface area contributed by atoms with Gasteiger partial charge in [0, 0.05) is 5.41 Å². The molecule has 0 amide bonds. The van der Waals surface area contributed by atoms with E-state index in [0.29, 0.717) is 19.3 Å². The summed E-state index contributed by atoms with van der Waals surface area (Å²) < 4.78 is 24.3. The summed E-state index contributed by atoms with van der Waals surface area (Å²) in [6.45, 7) is 12.2. The van der Waals surface area contributed by atoms with Gasteiger partial charge < -0.3 is 64.9 Å². The van der Waals surface area contributed by atoms with Crippen LogP contribution in [0.5, 0.6) is 0 Å². The first-order chi connectivity index (χ1) is 26.2. The Bertz CT molecular complexity index is 1500. The van der Waals surface area contributed by atoms with Gasteiger partial charge in [0.1, 0.15) is 48.8 Å². The van der Waals surface area contributed by atoms with Crippen molar-refractivity contribution in [3.63, 3.8) is 0 Å². The van der Waals surface area contributed by atoms with E-state index in [1.807, 2.05) is 6.92 Å². The lowest BCUT2D eigenvalue weighted by molar-refractivity contribution is -0.379. The molecule has 2 saturated heterocycles. The number of aliphatic hydroxyl groups excluding tert-OH is 8. The molecule has 320 valence electrons. The number of hydrogen-bond acceptors (Lipinski definition) is 13. The van der Waals surface area contributed by atoms with Gasteiger partial charge in [-0.3, -0.25) is 4.79 Å². The van der Waals surface area contributed by atoms with Gasteiger partial charge in [0.25, 0.3) is 0 Å². The van der Waals surface area contributed by atoms with Crippen molar-refractivity contribution >= 4 is 5.97 Å². The van der Waals surface area contributed by atoms with E-state index in [-0.39, 0.29) is 46.0 Å². The van der Waals surface area contributed by atoms with Crippen LogP contribution in [0.1, 0.15) is 106 Å². The summed E-state index contributed by atoms with van der Waals surface area (Å²) in [5.41, 5.74) is -0.607. The molecule has 6 fully saturated rings. The lowest BCUT2D eigenvalue weighted by atomic mass is 9.33. The van der Waals surface area contributed by atoms with Gasteiger partial charge in [-0.2, -0.15) is 0 Å². The number of carbonyl (C=O) groups is 1. The molecule has 56 heavy (non-hydrogen) atoms. The fourth-order valence-electron chi connectivity index (χ4n) is 13.7. The number of allylic oxidation sites excluding steroid dienone is 2. The summed E-state index contributed by atoms with van der Waals surface area (Å²) in [7, 11) is 0. The number of fused-ring (bicyclic) bond motifs is 7. The molecular weight excluding hydrogens is 728 g/mol. The van der Waals surface area contributed by atoms with Crippen LogP contribution in [0.25, 0.3) is 0 Å². The Hall–Kier alpha value is -1.27. The lowest BCUT2D eigenvalue weighted by Crippen LogP contribution is -2.67. The normalized spacial score (nSPS) is 54.1. The lowest BCUT2D eigenvalue weighted by Gasteiger charge is -2.71. The maximum absolute atomic E-state index is 13.1. The quantitative estimate of drug-likeness (QED) is 0.126. The van der Waals surface area contributed by atoms with Crippen LogP contribution in [-0.2, 0) is 23.7 Å². The van der Waals surface area contributed by atoms with Crippen LogP contribution in [0, 0.1) is 50.2 Å². The standard InChI is InChI=1S/C42H68O14/c1-37(2)13-15-42(36(51)52)16-14-40(5)21(22(42)17-37)7-8-26-38(3)11-10-27(39(4,20-45)25(38)9-12-41(26,40)6)55-35-33(31(49)29(47)24(19-44)54-35)56-34-32(50)30(48)28(46)23(18-43)53-34/h7,22-35,43-50H,8-20H2,1-6H3,(H,51,52)/t22-,23+,24+,25+,26-,27-,28+,29+,30-,31-,32+,33+,34-,35-,38-,39-,40+,41+,42-/m0/s1. The Kier molecular flexibility index (Phi) is 11.3. The molecule has 7 rings (SSSR count). The Morgan fingerprint density at radius 1 is 0.732 bits per heavy atom. The second kappa shape index (κ2) is 14.7. The molecule has 0 aromatic rings. The summed E-state index contributed by atoms with van der Waals surface area (Å²) in [6, 6.07) is 0. The van der Waals surface area contributed by atoms with Gasteiger partial charge in [0.05, 0.1) is 31.3 Å². The Labute approximate surface area is 330 Å². The monoisotopic (exact) mass is 796 g/mol. The number of rotatable bonds is 8. The Balaban J connectivity index is 1.17. The highest BCUT2D eigenvalue weighted by molar-refractivity contribution is 5.76. The van der Waals surface area contributed by atoms with Gasteiger partial charge >= 0.3 is 5.97 Å². The minimum Gasteiger partial charge on any atom is -0.481 e. The number of aliphatic hydroxyl groups is 8. The van der Waals surface area contributed by atoms with Gasteiger partial charge in [0.15, 0.2) is 12.6 Å². The van der Waals surface area contributed by atoms with E-state index in [1.54, 1.807) is 0 Å². The molecule has 0 bridgehead atoms. The van der Waals surface area contributed by atoms with E-state index in [0.717, 1.165) is 44.9 Å². The molecule has 0 unspecified atom stereocenters. The molecule has 2 heterocycles. The van der Waals surface area contributed by atoms with E-state index in [1.165, 1.54) is 5.57 Å². The summed E-state index contributed by atoms with van der Waals surface area (Å²) in [4.78, 5) is 13.1. The number of hydrogen-bond donors (Lipinski definition) is 9. The molecule has 19 atom stereocenters. The third-order valence-electron chi connectivity index (χ3n) is 17.4. The topological polar surface area (TPSA) is 236 Å². The van der Waals surface area contributed by atoms with Gasteiger partial charge in [-0.05, 0) is 104 Å². The van der Waals surface area contributed by atoms with Crippen LogP contribution in [0.2, 0.25) is 0 Å².